The fourth-order valence-corrected chi connectivity index (χ4v) is 1.75. The number of benzene rings is 2. The van der Waals surface area contributed by atoms with Crippen LogP contribution in [0.3, 0.4) is 0 Å². The van der Waals surface area contributed by atoms with Crippen LogP contribution in [0.15, 0.2) is 48.5 Å². The van der Waals surface area contributed by atoms with Gasteiger partial charge in [-0.15, -0.1) is 0 Å². The van der Waals surface area contributed by atoms with Crippen molar-refractivity contribution in [2.24, 2.45) is 0 Å². The minimum Gasteiger partial charge on any atom is -0.497 e. The zero-order chi connectivity index (χ0) is 13.7. The molecule has 2 rings (SSSR count). The maximum absolute atomic E-state index is 11.9. The zero-order valence-electron chi connectivity index (χ0n) is 10.7. The molecule has 0 saturated carbocycles. The van der Waals surface area contributed by atoms with Gasteiger partial charge in [-0.1, -0.05) is 30.3 Å². The summed E-state index contributed by atoms with van der Waals surface area (Å²) in [6.45, 7) is 0. The second kappa shape index (κ2) is 5.91. The lowest BCUT2D eigenvalue weighted by Gasteiger charge is -2.10. The largest absolute Gasteiger partial charge is 0.497 e. The van der Waals surface area contributed by atoms with E-state index in [9.17, 15) is 4.79 Å². The number of hydrogen-bond acceptors (Lipinski definition) is 3. The number of anilines is 2. The summed E-state index contributed by atoms with van der Waals surface area (Å²) in [4.78, 5) is 11.9. The molecule has 2 aromatic rings. The molecule has 2 aromatic carbocycles. The molecule has 0 aromatic heterocycles. The standard InChI is InChI=1S/C15H16N2O2/c1-19-12-7-8-13(16)14(10-12)17-15(18)9-11-5-3-2-4-6-11/h2-8,10H,9,16H2,1H3,(H,17,18). The topological polar surface area (TPSA) is 64.3 Å². The molecule has 19 heavy (non-hydrogen) atoms. The predicted molar refractivity (Wildman–Crippen MR) is 76.2 cm³/mol. The lowest BCUT2D eigenvalue weighted by Crippen LogP contribution is -2.15. The van der Waals surface area contributed by atoms with Gasteiger partial charge in [0.2, 0.25) is 5.91 Å². The summed E-state index contributed by atoms with van der Waals surface area (Å²) in [6.07, 6.45) is 0.317. The Morgan fingerprint density at radius 3 is 2.63 bits per heavy atom. The van der Waals surface area contributed by atoms with Crippen LogP contribution >= 0.6 is 0 Å². The third kappa shape index (κ3) is 3.48. The average Bonchev–Trinajstić information content (AvgIpc) is 2.42. The second-order valence-corrected chi connectivity index (χ2v) is 4.16. The van der Waals surface area contributed by atoms with Gasteiger partial charge < -0.3 is 15.8 Å². The SMILES string of the molecule is COc1ccc(N)c(NC(=O)Cc2ccccc2)c1. The van der Waals surface area contributed by atoms with Crippen molar-refractivity contribution in [1.29, 1.82) is 0 Å². The minimum atomic E-state index is -0.105. The molecule has 0 radical (unpaired) electrons. The van der Waals surface area contributed by atoms with E-state index < -0.39 is 0 Å². The normalized spacial score (nSPS) is 9.95. The van der Waals surface area contributed by atoms with E-state index in [1.54, 1.807) is 25.3 Å². The molecular formula is C15H16N2O2. The van der Waals surface area contributed by atoms with Gasteiger partial charge in [-0.2, -0.15) is 0 Å². The Morgan fingerprint density at radius 2 is 1.95 bits per heavy atom. The van der Waals surface area contributed by atoms with Crippen LogP contribution in [0, 0.1) is 0 Å². The Balaban J connectivity index is 2.06. The molecule has 4 nitrogen and oxygen atoms in total. The molecule has 1 amide bonds. The molecule has 4 heteroatoms. The number of nitrogens with one attached hydrogen (secondary N) is 1. The van der Waals surface area contributed by atoms with Gasteiger partial charge in [-0.3, -0.25) is 4.79 Å². The van der Waals surface area contributed by atoms with Crippen molar-refractivity contribution in [3.05, 3.63) is 54.1 Å². The van der Waals surface area contributed by atoms with Crippen LogP contribution in [0.5, 0.6) is 5.75 Å². The first-order valence-corrected chi connectivity index (χ1v) is 5.96. The Labute approximate surface area is 112 Å². The highest BCUT2D eigenvalue weighted by Crippen LogP contribution is 2.24. The first-order chi connectivity index (χ1) is 9.19. The van der Waals surface area contributed by atoms with Crippen LogP contribution in [0.1, 0.15) is 5.56 Å². The lowest BCUT2D eigenvalue weighted by molar-refractivity contribution is -0.115. The third-order valence-corrected chi connectivity index (χ3v) is 2.74. The maximum atomic E-state index is 11.9. The van der Waals surface area contributed by atoms with Crippen LogP contribution in [0.4, 0.5) is 11.4 Å². The molecule has 0 saturated heterocycles. The molecule has 0 fully saturated rings. The highest BCUT2D eigenvalue weighted by molar-refractivity contribution is 5.95. The van der Waals surface area contributed by atoms with E-state index in [-0.39, 0.29) is 5.91 Å². The van der Waals surface area contributed by atoms with E-state index in [0.717, 1.165) is 5.56 Å². The number of rotatable bonds is 4. The summed E-state index contributed by atoms with van der Waals surface area (Å²) >= 11 is 0. The van der Waals surface area contributed by atoms with Gasteiger partial charge >= 0.3 is 0 Å². The van der Waals surface area contributed by atoms with Crippen LogP contribution in [0.2, 0.25) is 0 Å². The maximum Gasteiger partial charge on any atom is 0.228 e. The second-order valence-electron chi connectivity index (χ2n) is 4.16. The Morgan fingerprint density at radius 1 is 1.21 bits per heavy atom. The van der Waals surface area contributed by atoms with Gasteiger partial charge in [-0.25, -0.2) is 0 Å². The van der Waals surface area contributed by atoms with E-state index in [1.165, 1.54) is 0 Å². The molecule has 0 aliphatic heterocycles. The Hall–Kier alpha value is -2.49. The lowest BCUT2D eigenvalue weighted by atomic mass is 10.1. The van der Waals surface area contributed by atoms with Crippen LogP contribution < -0.4 is 15.8 Å². The van der Waals surface area contributed by atoms with Crippen LogP contribution in [-0.2, 0) is 11.2 Å². The molecule has 0 aliphatic rings. The van der Waals surface area contributed by atoms with E-state index in [0.29, 0.717) is 23.5 Å². The molecule has 0 unspecified atom stereocenters. The summed E-state index contributed by atoms with van der Waals surface area (Å²) in [6, 6.07) is 14.7. The van der Waals surface area contributed by atoms with Crippen molar-refractivity contribution in [3.8, 4) is 5.75 Å². The van der Waals surface area contributed by atoms with Gasteiger partial charge in [-0.05, 0) is 17.7 Å². The number of ether oxygens (including phenoxy) is 1. The van der Waals surface area contributed by atoms with Crippen molar-refractivity contribution < 1.29 is 9.53 Å². The number of carbonyl (C=O) groups is 1. The number of methoxy groups -OCH3 is 1. The predicted octanol–water partition coefficient (Wildman–Crippen LogP) is 2.46. The van der Waals surface area contributed by atoms with E-state index in [2.05, 4.69) is 5.32 Å². The van der Waals surface area contributed by atoms with E-state index in [4.69, 9.17) is 10.5 Å². The summed E-state index contributed by atoms with van der Waals surface area (Å²) in [5.74, 6) is 0.551. The fraction of sp³-hybridized carbons (Fsp3) is 0.133. The summed E-state index contributed by atoms with van der Waals surface area (Å²) in [5.41, 5.74) is 7.86. The highest BCUT2D eigenvalue weighted by atomic mass is 16.5. The van der Waals surface area contributed by atoms with Crippen molar-refractivity contribution in [1.82, 2.24) is 0 Å². The Kier molecular flexibility index (Phi) is 4.03. The fourth-order valence-electron chi connectivity index (χ4n) is 1.75. The molecule has 3 N–H and O–H groups in total. The van der Waals surface area contributed by atoms with Crippen LogP contribution in [-0.4, -0.2) is 13.0 Å². The molecule has 0 aliphatic carbocycles. The molecule has 0 spiro atoms. The summed E-state index contributed by atoms with van der Waals surface area (Å²) in [5, 5.41) is 2.79. The molecular weight excluding hydrogens is 240 g/mol. The van der Waals surface area contributed by atoms with Crippen molar-refractivity contribution in [2.75, 3.05) is 18.2 Å². The van der Waals surface area contributed by atoms with Crippen molar-refractivity contribution in [3.63, 3.8) is 0 Å². The van der Waals surface area contributed by atoms with Crippen LogP contribution in [0.25, 0.3) is 0 Å². The van der Waals surface area contributed by atoms with E-state index >= 15 is 0 Å². The molecule has 98 valence electrons. The minimum absolute atomic E-state index is 0.105. The number of hydrogen-bond donors (Lipinski definition) is 2. The summed E-state index contributed by atoms with van der Waals surface area (Å²) in [7, 11) is 1.57. The number of amides is 1. The average molecular weight is 256 g/mol. The zero-order valence-corrected chi connectivity index (χ0v) is 10.7. The molecule has 0 heterocycles. The first kappa shape index (κ1) is 13.0. The molecule has 0 atom stereocenters. The van der Waals surface area contributed by atoms with Gasteiger partial charge in [0.05, 0.1) is 24.9 Å². The first-order valence-electron chi connectivity index (χ1n) is 5.96. The van der Waals surface area contributed by atoms with Gasteiger partial charge in [0.25, 0.3) is 0 Å². The number of nitrogen functional groups attached to an aromatic ring is 1. The third-order valence-electron chi connectivity index (χ3n) is 2.74. The highest BCUT2D eigenvalue weighted by Gasteiger charge is 2.07. The smallest absolute Gasteiger partial charge is 0.228 e. The van der Waals surface area contributed by atoms with E-state index in [1.807, 2.05) is 30.3 Å². The monoisotopic (exact) mass is 256 g/mol. The van der Waals surface area contributed by atoms with Gasteiger partial charge in [0, 0.05) is 6.07 Å². The van der Waals surface area contributed by atoms with Crippen molar-refractivity contribution in [2.45, 2.75) is 6.42 Å². The van der Waals surface area contributed by atoms with Gasteiger partial charge in [0.15, 0.2) is 0 Å². The molecule has 0 bridgehead atoms. The number of nitrogens with two attached hydrogens (primary N) is 1. The van der Waals surface area contributed by atoms with Crippen molar-refractivity contribution >= 4 is 17.3 Å². The quantitative estimate of drug-likeness (QED) is 0.826. The number of carbonyl (C=O) groups excluding carboxylic acids is 1. The Bertz CT molecular complexity index is 568. The van der Waals surface area contributed by atoms with Gasteiger partial charge in [0.1, 0.15) is 5.75 Å². The summed E-state index contributed by atoms with van der Waals surface area (Å²) < 4.78 is 5.10.